The van der Waals surface area contributed by atoms with Crippen molar-refractivity contribution in [1.82, 2.24) is 0 Å². The van der Waals surface area contributed by atoms with Gasteiger partial charge in [0.15, 0.2) is 0 Å². The van der Waals surface area contributed by atoms with E-state index in [0.29, 0.717) is 5.92 Å². The number of hydrogen-bond donors (Lipinski definition) is 0. The highest BCUT2D eigenvalue weighted by atomic mass is 16.5. The molecule has 1 rings (SSSR count). The Morgan fingerprint density at radius 2 is 2.07 bits per heavy atom. The van der Waals surface area contributed by atoms with Gasteiger partial charge < -0.3 is 4.74 Å². The molecule has 1 nitrogen and oxygen atoms in total. The molecule has 0 aromatic heterocycles. The minimum absolute atomic E-state index is 0.592. The summed E-state index contributed by atoms with van der Waals surface area (Å²) < 4.78 is 5.37. The molecule has 0 N–H and O–H groups in total. The smallest absolute Gasteiger partial charge is 0.122 e. The summed E-state index contributed by atoms with van der Waals surface area (Å²) in [6, 6.07) is 6.40. The molecular weight excluding hydrogens is 172 g/mol. The molecular formula is C13H20O. The van der Waals surface area contributed by atoms with Gasteiger partial charge in [-0.05, 0) is 30.9 Å². The molecule has 78 valence electrons. The van der Waals surface area contributed by atoms with Gasteiger partial charge in [0.25, 0.3) is 0 Å². The zero-order valence-electron chi connectivity index (χ0n) is 9.63. The van der Waals surface area contributed by atoms with Crippen LogP contribution in [0.2, 0.25) is 0 Å². The van der Waals surface area contributed by atoms with Gasteiger partial charge in [0.05, 0.1) is 7.11 Å². The summed E-state index contributed by atoms with van der Waals surface area (Å²) in [4.78, 5) is 0. The number of methoxy groups -OCH3 is 1. The van der Waals surface area contributed by atoms with Gasteiger partial charge in [-0.2, -0.15) is 0 Å². The zero-order chi connectivity index (χ0) is 10.6. The summed E-state index contributed by atoms with van der Waals surface area (Å²) in [5, 5.41) is 0. The summed E-state index contributed by atoms with van der Waals surface area (Å²) in [6.07, 6.45) is 2.44. The van der Waals surface area contributed by atoms with Crippen LogP contribution in [0.1, 0.15) is 43.7 Å². The van der Waals surface area contributed by atoms with Crippen LogP contribution in [0.25, 0.3) is 0 Å². The Bertz CT molecular complexity index is 291. The fraction of sp³-hybridized carbons (Fsp3) is 0.538. The van der Waals surface area contributed by atoms with Crippen LogP contribution < -0.4 is 4.74 Å². The molecule has 0 heterocycles. The summed E-state index contributed by atoms with van der Waals surface area (Å²) in [7, 11) is 1.74. The molecule has 0 bridgehead atoms. The standard InChI is InChI=1S/C13H20O/c1-5-6-11(3)12-9-10(2)7-8-13(12)14-4/h7-9,11H,5-6H2,1-4H3. The van der Waals surface area contributed by atoms with Crippen molar-refractivity contribution in [3.05, 3.63) is 29.3 Å². The van der Waals surface area contributed by atoms with Crippen LogP contribution in [0.4, 0.5) is 0 Å². The highest BCUT2D eigenvalue weighted by molar-refractivity contribution is 5.39. The molecule has 1 atom stereocenters. The molecule has 0 spiro atoms. The molecule has 0 fully saturated rings. The summed E-state index contributed by atoms with van der Waals surface area (Å²) in [6.45, 7) is 6.61. The lowest BCUT2D eigenvalue weighted by Gasteiger charge is -2.15. The van der Waals surface area contributed by atoms with Crippen LogP contribution >= 0.6 is 0 Å². The molecule has 1 heteroatoms. The van der Waals surface area contributed by atoms with Gasteiger partial charge in [-0.1, -0.05) is 38.0 Å². The second-order valence-corrected chi connectivity index (χ2v) is 3.94. The number of aryl methyl sites for hydroxylation is 1. The molecule has 1 unspecified atom stereocenters. The van der Waals surface area contributed by atoms with Crippen molar-refractivity contribution < 1.29 is 4.74 Å². The molecule has 0 aliphatic heterocycles. The van der Waals surface area contributed by atoms with E-state index in [9.17, 15) is 0 Å². The third kappa shape index (κ3) is 2.50. The lowest BCUT2D eigenvalue weighted by atomic mass is 9.94. The van der Waals surface area contributed by atoms with Crippen molar-refractivity contribution in [2.24, 2.45) is 0 Å². The van der Waals surface area contributed by atoms with E-state index in [1.165, 1.54) is 24.0 Å². The summed E-state index contributed by atoms with van der Waals surface area (Å²) in [5.74, 6) is 1.62. The number of hydrogen-bond acceptors (Lipinski definition) is 1. The third-order valence-corrected chi connectivity index (χ3v) is 2.64. The Kier molecular flexibility index (Phi) is 3.99. The number of benzene rings is 1. The van der Waals surface area contributed by atoms with E-state index in [1.54, 1.807) is 7.11 Å². The van der Waals surface area contributed by atoms with E-state index in [-0.39, 0.29) is 0 Å². The molecule has 1 aromatic carbocycles. The first-order valence-electron chi connectivity index (χ1n) is 5.33. The predicted molar refractivity (Wildman–Crippen MR) is 61.1 cm³/mol. The molecule has 0 saturated carbocycles. The van der Waals surface area contributed by atoms with E-state index >= 15 is 0 Å². The van der Waals surface area contributed by atoms with Gasteiger partial charge in [0.2, 0.25) is 0 Å². The fourth-order valence-corrected chi connectivity index (χ4v) is 1.83. The van der Waals surface area contributed by atoms with Crippen molar-refractivity contribution in [3.63, 3.8) is 0 Å². The maximum atomic E-state index is 5.37. The zero-order valence-corrected chi connectivity index (χ0v) is 9.63. The van der Waals surface area contributed by atoms with Gasteiger partial charge in [0, 0.05) is 0 Å². The normalized spacial score (nSPS) is 12.6. The van der Waals surface area contributed by atoms with E-state index < -0.39 is 0 Å². The highest BCUT2D eigenvalue weighted by Crippen LogP contribution is 2.30. The van der Waals surface area contributed by atoms with E-state index in [4.69, 9.17) is 4.74 Å². The van der Waals surface area contributed by atoms with E-state index in [2.05, 4.69) is 39.0 Å². The Hall–Kier alpha value is -0.980. The third-order valence-electron chi connectivity index (χ3n) is 2.64. The van der Waals surface area contributed by atoms with E-state index in [0.717, 1.165) is 5.75 Å². The topological polar surface area (TPSA) is 9.23 Å². The van der Waals surface area contributed by atoms with Crippen LogP contribution in [0.15, 0.2) is 18.2 Å². The van der Waals surface area contributed by atoms with Crippen molar-refractivity contribution in [1.29, 1.82) is 0 Å². The van der Waals surface area contributed by atoms with Gasteiger partial charge in [-0.15, -0.1) is 0 Å². The molecule has 0 radical (unpaired) electrons. The van der Waals surface area contributed by atoms with E-state index in [1.807, 2.05) is 0 Å². The van der Waals surface area contributed by atoms with Gasteiger partial charge in [-0.3, -0.25) is 0 Å². The predicted octanol–water partition coefficient (Wildman–Crippen LogP) is 3.91. The largest absolute Gasteiger partial charge is 0.496 e. The monoisotopic (exact) mass is 192 g/mol. The van der Waals surface area contributed by atoms with Crippen LogP contribution in [0.5, 0.6) is 5.75 Å². The fourth-order valence-electron chi connectivity index (χ4n) is 1.83. The van der Waals surface area contributed by atoms with Gasteiger partial charge in [-0.25, -0.2) is 0 Å². The first-order chi connectivity index (χ1) is 6.69. The van der Waals surface area contributed by atoms with Crippen LogP contribution in [-0.4, -0.2) is 7.11 Å². The average Bonchev–Trinajstić information content (AvgIpc) is 2.18. The molecule has 0 amide bonds. The van der Waals surface area contributed by atoms with Crippen LogP contribution in [0, 0.1) is 6.92 Å². The van der Waals surface area contributed by atoms with Gasteiger partial charge >= 0.3 is 0 Å². The van der Waals surface area contributed by atoms with Crippen molar-refractivity contribution in [2.45, 2.75) is 39.5 Å². The summed E-state index contributed by atoms with van der Waals surface area (Å²) >= 11 is 0. The van der Waals surface area contributed by atoms with Crippen molar-refractivity contribution in [2.75, 3.05) is 7.11 Å². The van der Waals surface area contributed by atoms with Crippen molar-refractivity contribution >= 4 is 0 Å². The minimum atomic E-state index is 0.592. The first kappa shape index (κ1) is 11.1. The minimum Gasteiger partial charge on any atom is -0.496 e. The molecule has 0 aliphatic carbocycles. The highest BCUT2D eigenvalue weighted by Gasteiger charge is 2.10. The quantitative estimate of drug-likeness (QED) is 0.703. The number of rotatable bonds is 4. The van der Waals surface area contributed by atoms with Crippen LogP contribution in [0.3, 0.4) is 0 Å². The maximum Gasteiger partial charge on any atom is 0.122 e. The molecule has 14 heavy (non-hydrogen) atoms. The lowest BCUT2D eigenvalue weighted by molar-refractivity contribution is 0.405. The first-order valence-corrected chi connectivity index (χ1v) is 5.33. The molecule has 0 saturated heterocycles. The summed E-state index contributed by atoms with van der Waals surface area (Å²) in [5.41, 5.74) is 2.65. The number of ether oxygens (including phenoxy) is 1. The second-order valence-electron chi connectivity index (χ2n) is 3.94. The maximum absolute atomic E-state index is 5.37. The average molecular weight is 192 g/mol. The molecule has 0 aliphatic rings. The SMILES string of the molecule is CCCC(C)c1cc(C)ccc1OC. The Labute approximate surface area is 87.1 Å². The van der Waals surface area contributed by atoms with Crippen LogP contribution in [-0.2, 0) is 0 Å². The van der Waals surface area contributed by atoms with Gasteiger partial charge in [0.1, 0.15) is 5.75 Å². The lowest BCUT2D eigenvalue weighted by Crippen LogP contribution is -1.98. The Balaban J connectivity index is 2.97. The Morgan fingerprint density at radius 3 is 2.64 bits per heavy atom. The second kappa shape index (κ2) is 5.04. The van der Waals surface area contributed by atoms with Crippen molar-refractivity contribution in [3.8, 4) is 5.75 Å². The molecule has 1 aromatic rings. The Morgan fingerprint density at radius 1 is 1.36 bits per heavy atom.